The van der Waals surface area contributed by atoms with Crippen LogP contribution in [-0.4, -0.2) is 35.5 Å². The van der Waals surface area contributed by atoms with Crippen LogP contribution in [0.3, 0.4) is 0 Å². The highest BCUT2D eigenvalue weighted by Gasteiger charge is 2.27. The summed E-state index contributed by atoms with van der Waals surface area (Å²) >= 11 is 2.01. The molecule has 2 N–H and O–H groups in total. The lowest BCUT2D eigenvalue weighted by molar-refractivity contribution is -0.122. The fourth-order valence-electron chi connectivity index (χ4n) is 3.10. The molecule has 1 aliphatic carbocycles. The first-order chi connectivity index (χ1) is 8.79. The van der Waals surface area contributed by atoms with Gasteiger partial charge in [0.2, 0.25) is 5.91 Å². The van der Waals surface area contributed by atoms with Crippen LogP contribution in [0.2, 0.25) is 0 Å². The molecule has 0 aromatic carbocycles. The van der Waals surface area contributed by atoms with Gasteiger partial charge in [0.1, 0.15) is 0 Å². The average Bonchev–Trinajstić information content (AvgIpc) is 2.84. The first-order valence-electron chi connectivity index (χ1n) is 7.44. The molecule has 104 valence electrons. The molecular weight excluding hydrogens is 244 g/mol. The van der Waals surface area contributed by atoms with Crippen molar-refractivity contribution in [3.63, 3.8) is 0 Å². The molecule has 1 amide bonds. The molecule has 4 heteroatoms. The summed E-state index contributed by atoms with van der Waals surface area (Å²) in [6.45, 7) is 3.29. The second kappa shape index (κ2) is 7.39. The zero-order valence-electron chi connectivity index (χ0n) is 11.4. The Morgan fingerprint density at radius 1 is 1.28 bits per heavy atom. The first-order valence-corrected chi connectivity index (χ1v) is 8.49. The molecule has 3 unspecified atom stereocenters. The van der Waals surface area contributed by atoms with E-state index >= 15 is 0 Å². The zero-order valence-corrected chi connectivity index (χ0v) is 12.2. The van der Waals surface area contributed by atoms with E-state index in [1.165, 1.54) is 32.1 Å². The molecule has 0 spiro atoms. The van der Waals surface area contributed by atoms with Crippen LogP contribution in [0.5, 0.6) is 0 Å². The molecule has 2 fully saturated rings. The summed E-state index contributed by atoms with van der Waals surface area (Å²) in [5.74, 6) is 1.41. The Labute approximate surface area is 115 Å². The maximum Gasteiger partial charge on any atom is 0.221 e. The van der Waals surface area contributed by atoms with E-state index in [-0.39, 0.29) is 5.91 Å². The molecule has 1 heterocycles. The van der Waals surface area contributed by atoms with E-state index in [2.05, 4.69) is 17.6 Å². The van der Waals surface area contributed by atoms with E-state index in [0.717, 1.165) is 18.7 Å². The van der Waals surface area contributed by atoms with Gasteiger partial charge in [-0.15, -0.1) is 0 Å². The van der Waals surface area contributed by atoms with E-state index < -0.39 is 0 Å². The van der Waals surface area contributed by atoms with Gasteiger partial charge in [-0.2, -0.15) is 11.8 Å². The number of amides is 1. The van der Waals surface area contributed by atoms with Gasteiger partial charge in [0, 0.05) is 23.8 Å². The molecule has 0 bridgehead atoms. The van der Waals surface area contributed by atoms with Crippen LogP contribution in [-0.2, 0) is 4.79 Å². The second-order valence-corrected chi connectivity index (χ2v) is 6.97. The van der Waals surface area contributed by atoms with Gasteiger partial charge in [-0.3, -0.25) is 4.79 Å². The summed E-state index contributed by atoms with van der Waals surface area (Å²) in [7, 11) is 0. The van der Waals surface area contributed by atoms with Gasteiger partial charge in [-0.1, -0.05) is 19.8 Å². The van der Waals surface area contributed by atoms with E-state index in [1.807, 2.05) is 11.8 Å². The fourth-order valence-corrected chi connectivity index (χ4v) is 4.29. The minimum absolute atomic E-state index is 0.253. The SMILES string of the molecule is CCSC1CCCCC1NC(=O)CC1CCCN1. The maximum absolute atomic E-state index is 12.1. The monoisotopic (exact) mass is 270 g/mol. The molecule has 3 nitrogen and oxygen atoms in total. The third-order valence-corrected chi connectivity index (χ3v) is 5.35. The Hall–Kier alpha value is -0.220. The van der Waals surface area contributed by atoms with Gasteiger partial charge in [0.05, 0.1) is 0 Å². The quantitative estimate of drug-likeness (QED) is 0.805. The van der Waals surface area contributed by atoms with E-state index in [9.17, 15) is 4.79 Å². The summed E-state index contributed by atoms with van der Waals surface area (Å²) < 4.78 is 0. The molecule has 0 aromatic heterocycles. The van der Waals surface area contributed by atoms with Crippen molar-refractivity contribution < 1.29 is 4.79 Å². The molecule has 0 radical (unpaired) electrons. The maximum atomic E-state index is 12.1. The molecule has 2 rings (SSSR count). The smallest absolute Gasteiger partial charge is 0.221 e. The number of hydrogen-bond acceptors (Lipinski definition) is 3. The van der Waals surface area contributed by atoms with Crippen molar-refractivity contribution in [1.82, 2.24) is 10.6 Å². The lowest BCUT2D eigenvalue weighted by Gasteiger charge is -2.31. The highest BCUT2D eigenvalue weighted by Crippen LogP contribution is 2.28. The summed E-state index contributed by atoms with van der Waals surface area (Å²) in [4.78, 5) is 12.1. The van der Waals surface area contributed by atoms with Gasteiger partial charge in [0.25, 0.3) is 0 Å². The largest absolute Gasteiger partial charge is 0.352 e. The minimum Gasteiger partial charge on any atom is -0.352 e. The number of thioether (sulfide) groups is 1. The lowest BCUT2D eigenvalue weighted by Crippen LogP contribution is -2.45. The Kier molecular flexibility index (Phi) is 5.83. The van der Waals surface area contributed by atoms with Gasteiger partial charge < -0.3 is 10.6 Å². The normalized spacial score (nSPS) is 32.4. The Bertz CT molecular complexity index is 265. The van der Waals surface area contributed by atoms with Crippen molar-refractivity contribution in [3.8, 4) is 0 Å². The highest BCUT2D eigenvalue weighted by atomic mass is 32.2. The van der Waals surface area contributed by atoms with Crippen LogP contribution in [0.1, 0.15) is 51.9 Å². The highest BCUT2D eigenvalue weighted by molar-refractivity contribution is 7.99. The third-order valence-electron chi connectivity index (χ3n) is 4.02. The fraction of sp³-hybridized carbons (Fsp3) is 0.929. The van der Waals surface area contributed by atoms with Crippen molar-refractivity contribution in [3.05, 3.63) is 0 Å². The van der Waals surface area contributed by atoms with Gasteiger partial charge in [-0.25, -0.2) is 0 Å². The van der Waals surface area contributed by atoms with Crippen molar-refractivity contribution in [2.45, 2.75) is 69.2 Å². The van der Waals surface area contributed by atoms with Crippen molar-refractivity contribution >= 4 is 17.7 Å². The molecule has 18 heavy (non-hydrogen) atoms. The molecule has 1 aliphatic heterocycles. The van der Waals surface area contributed by atoms with E-state index in [4.69, 9.17) is 0 Å². The lowest BCUT2D eigenvalue weighted by atomic mass is 9.94. The standard InChI is InChI=1S/C14H26N2OS/c1-2-18-13-8-4-3-7-12(13)16-14(17)10-11-6-5-9-15-11/h11-13,15H,2-10H2,1H3,(H,16,17). The summed E-state index contributed by atoms with van der Waals surface area (Å²) in [6, 6.07) is 0.837. The minimum atomic E-state index is 0.253. The Balaban J connectivity index is 1.76. The number of hydrogen-bond donors (Lipinski definition) is 2. The van der Waals surface area contributed by atoms with Crippen molar-refractivity contribution in [1.29, 1.82) is 0 Å². The summed E-state index contributed by atoms with van der Waals surface area (Å²) in [5, 5.41) is 7.32. The molecule has 3 atom stereocenters. The van der Waals surface area contributed by atoms with E-state index in [1.54, 1.807) is 0 Å². The molecular formula is C14H26N2OS. The van der Waals surface area contributed by atoms with Crippen LogP contribution in [0.4, 0.5) is 0 Å². The van der Waals surface area contributed by atoms with Gasteiger partial charge >= 0.3 is 0 Å². The number of carbonyl (C=O) groups excluding carboxylic acids is 1. The molecule has 0 aromatic rings. The summed E-state index contributed by atoms with van der Waals surface area (Å²) in [6.07, 6.45) is 8.08. The van der Waals surface area contributed by atoms with Crippen LogP contribution in [0, 0.1) is 0 Å². The zero-order chi connectivity index (χ0) is 12.8. The topological polar surface area (TPSA) is 41.1 Å². The van der Waals surface area contributed by atoms with E-state index in [0.29, 0.717) is 23.8 Å². The number of rotatable bonds is 5. The van der Waals surface area contributed by atoms with Crippen LogP contribution in [0.25, 0.3) is 0 Å². The molecule has 1 saturated heterocycles. The van der Waals surface area contributed by atoms with Gasteiger partial charge in [-0.05, 0) is 38.0 Å². The molecule has 1 saturated carbocycles. The first kappa shape index (κ1) is 14.2. The van der Waals surface area contributed by atoms with Gasteiger partial charge in [0.15, 0.2) is 0 Å². The van der Waals surface area contributed by atoms with Crippen molar-refractivity contribution in [2.24, 2.45) is 0 Å². The summed E-state index contributed by atoms with van der Waals surface area (Å²) in [5.41, 5.74) is 0. The predicted octanol–water partition coefficient (Wildman–Crippen LogP) is 2.31. The molecule has 2 aliphatic rings. The number of nitrogens with one attached hydrogen (secondary N) is 2. The second-order valence-electron chi connectivity index (χ2n) is 5.45. The third kappa shape index (κ3) is 4.16. The Morgan fingerprint density at radius 2 is 2.11 bits per heavy atom. The number of carbonyl (C=O) groups is 1. The predicted molar refractivity (Wildman–Crippen MR) is 78.0 cm³/mol. The van der Waals surface area contributed by atoms with Crippen molar-refractivity contribution in [2.75, 3.05) is 12.3 Å². The Morgan fingerprint density at radius 3 is 2.83 bits per heavy atom. The van der Waals surface area contributed by atoms with Crippen LogP contribution in [0.15, 0.2) is 0 Å². The van der Waals surface area contributed by atoms with Crippen LogP contribution >= 0.6 is 11.8 Å². The average molecular weight is 270 g/mol. The van der Waals surface area contributed by atoms with Crippen LogP contribution < -0.4 is 10.6 Å².